The standard InChI is InChI=1S/C15H16O8S2.2Na/c1-2-3-8-23-25(21,22)12-9-13(24(18,19)20)14(15(16)17)11-7-5-4-6-10(11)12;;/h4-7,9H,2-3,8H2,1H3,(H,16,17)(H,18,19,20);;/q;2*+1/p-2. The van der Waals surface area contributed by atoms with Crippen LogP contribution in [0.15, 0.2) is 40.1 Å². The molecular formula is C15H14Na2O8S2. The van der Waals surface area contributed by atoms with E-state index in [-0.39, 0.29) is 76.5 Å². The zero-order valence-electron chi connectivity index (χ0n) is 15.1. The molecule has 0 heterocycles. The summed E-state index contributed by atoms with van der Waals surface area (Å²) in [6, 6.07) is 5.82. The molecule has 2 aromatic carbocycles. The Bertz CT molecular complexity index is 1030. The smallest absolute Gasteiger partial charge is 0.744 e. The maximum atomic E-state index is 12.4. The van der Waals surface area contributed by atoms with Crippen LogP contribution in [0.5, 0.6) is 0 Å². The number of carbonyl (C=O) groups excluding carboxylic acids is 1. The van der Waals surface area contributed by atoms with Crippen LogP contribution >= 0.6 is 0 Å². The van der Waals surface area contributed by atoms with E-state index in [9.17, 15) is 31.3 Å². The van der Waals surface area contributed by atoms with E-state index in [0.29, 0.717) is 18.9 Å². The van der Waals surface area contributed by atoms with E-state index in [1.165, 1.54) is 24.3 Å². The first-order valence-corrected chi connectivity index (χ1v) is 10.0. The topological polar surface area (TPSA) is 141 Å². The van der Waals surface area contributed by atoms with Gasteiger partial charge in [-0.05, 0) is 17.9 Å². The van der Waals surface area contributed by atoms with Crippen LogP contribution in [0.4, 0.5) is 0 Å². The molecule has 12 heteroatoms. The van der Waals surface area contributed by atoms with Gasteiger partial charge in [0.1, 0.15) is 15.0 Å². The first kappa shape index (κ1) is 27.0. The molecule has 0 aliphatic carbocycles. The van der Waals surface area contributed by atoms with Crippen LogP contribution in [0.1, 0.15) is 30.1 Å². The van der Waals surface area contributed by atoms with Gasteiger partial charge >= 0.3 is 59.1 Å². The summed E-state index contributed by atoms with van der Waals surface area (Å²) in [5.41, 5.74) is -0.877. The molecule has 0 amide bonds. The Morgan fingerprint density at radius 3 is 2.07 bits per heavy atom. The van der Waals surface area contributed by atoms with E-state index in [4.69, 9.17) is 4.18 Å². The third kappa shape index (κ3) is 6.23. The Morgan fingerprint density at radius 1 is 1.04 bits per heavy atom. The molecule has 8 nitrogen and oxygen atoms in total. The van der Waals surface area contributed by atoms with Gasteiger partial charge in [-0.15, -0.1) is 0 Å². The number of carboxylic acid groups (broad SMARTS) is 1. The van der Waals surface area contributed by atoms with E-state index < -0.39 is 41.6 Å². The van der Waals surface area contributed by atoms with Gasteiger partial charge in [0.05, 0.1) is 17.5 Å². The summed E-state index contributed by atoms with van der Waals surface area (Å²) in [5.74, 6) is -1.90. The van der Waals surface area contributed by atoms with Crippen molar-refractivity contribution in [3.8, 4) is 0 Å². The fourth-order valence-electron chi connectivity index (χ4n) is 2.31. The Hall–Kier alpha value is -0.01000. The Balaban J connectivity index is 0.00000338. The third-order valence-electron chi connectivity index (χ3n) is 3.45. The SMILES string of the molecule is CCCCOS(=O)(=O)c1cc(S(=O)(=O)[O-])c(C(=O)[O-])c2ccccc12.[Na+].[Na+]. The molecule has 0 spiro atoms. The predicted octanol–water partition coefficient (Wildman–Crippen LogP) is -5.38. The summed E-state index contributed by atoms with van der Waals surface area (Å²) in [6.45, 7) is 1.69. The first-order valence-electron chi connectivity index (χ1n) is 7.22. The molecule has 0 radical (unpaired) electrons. The number of hydrogen-bond acceptors (Lipinski definition) is 8. The third-order valence-corrected chi connectivity index (χ3v) is 5.66. The number of carboxylic acids is 1. The molecule has 0 bridgehead atoms. The quantitative estimate of drug-likeness (QED) is 0.183. The second kappa shape index (κ2) is 10.7. The maximum absolute atomic E-state index is 12.4. The second-order valence-corrected chi connectivity index (χ2v) is 8.10. The van der Waals surface area contributed by atoms with Crippen LogP contribution in [-0.2, 0) is 24.4 Å². The molecule has 0 aromatic heterocycles. The van der Waals surface area contributed by atoms with Crippen molar-refractivity contribution in [2.24, 2.45) is 0 Å². The zero-order valence-corrected chi connectivity index (χ0v) is 20.7. The minimum absolute atomic E-state index is 0. The van der Waals surface area contributed by atoms with Gasteiger partial charge in [-0.2, -0.15) is 8.42 Å². The summed E-state index contributed by atoms with van der Waals surface area (Å²) >= 11 is 0. The van der Waals surface area contributed by atoms with Crippen molar-refractivity contribution >= 4 is 37.0 Å². The van der Waals surface area contributed by atoms with Crippen LogP contribution in [0, 0.1) is 0 Å². The minimum atomic E-state index is -5.27. The minimum Gasteiger partial charge on any atom is -0.744 e. The van der Waals surface area contributed by atoms with E-state index >= 15 is 0 Å². The molecule has 27 heavy (non-hydrogen) atoms. The van der Waals surface area contributed by atoms with Gasteiger partial charge in [0.25, 0.3) is 10.1 Å². The van der Waals surface area contributed by atoms with Gasteiger partial charge in [-0.3, -0.25) is 4.18 Å². The van der Waals surface area contributed by atoms with Crippen molar-refractivity contribution in [3.63, 3.8) is 0 Å². The molecule has 0 fully saturated rings. The number of hydrogen-bond donors (Lipinski definition) is 0. The summed E-state index contributed by atoms with van der Waals surface area (Å²) in [6.07, 6.45) is 1.11. The van der Waals surface area contributed by atoms with Gasteiger partial charge in [-0.1, -0.05) is 37.6 Å². The Labute approximate surface area is 201 Å². The van der Waals surface area contributed by atoms with Crippen molar-refractivity contribution in [3.05, 3.63) is 35.9 Å². The van der Waals surface area contributed by atoms with Crippen molar-refractivity contribution in [2.75, 3.05) is 6.61 Å². The Morgan fingerprint density at radius 2 is 1.59 bits per heavy atom. The summed E-state index contributed by atoms with van der Waals surface area (Å²) in [4.78, 5) is 9.60. The van der Waals surface area contributed by atoms with Crippen LogP contribution < -0.4 is 64.2 Å². The fourth-order valence-corrected chi connectivity index (χ4v) is 4.26. The largest absolute Gasteiger partial charge is 1.00 e. The molecule has 0 saturated carbocycles. The molecule has 0 aliphatic heterocycles. The van der Waals surface area contributed by atoms with Gasteiger partial charge in [0.2, 0.25) is 0 Å². The van der Waals surface area contributed by atoms with E-state index in [0.717, 1.165) is 0 Å². The van der Waals surface area contributed by atoms with Crippen LogP contribution in [0.25, 0.3) is 10.8 Å². The summed E-state index contributed by atoms with van der Waals surface area (Å²) < 4.78 is 64.0. The van der Waals surface area contributed by atoms with Crippen molar-refractivity contribution in [1.82, 2.24) is 0 Å². The molecule has 136 valence electrons. The van der Waals surface area contributed by atoms with Crippen molar-refractivity contribution in [2.45, 2.75) is 29.6 Å². The summed E-state index contributed by atoms with van der Waals surface area (Å²) in [5, 5.41) is 11.0. The number of unbranched alkanes of at least 4 members (excludes halogenated alkanes) is 1. The second-order valence-electron chi connectivity index (χ2n) is 5.16. The normalized spacial score (nSPS) is 11.5. The average Bonchev–Trinajstić information content (AvgIpc) is 2.52. The molecule has 0 atom stereocenters. The van der Waals surface area contributed by atoms with Crippen LogP contribution in [0.3, 0.4) is 0 Å². The van der Waals surface area contributed by atoms with Crippen molar-refractivity contribution < 1.29 is 94.6 Å². The molecule has 2 rings (SSSR count). The van der Waals surface area contributed by atoms with Crippen molar-refractivity contribution in [1.29, 1.82) is 0 Å². The Kier molecular flexibility index (Phi) is 10.7. The van der Waals surface area contributed by atoms with Gasteiger partial charge in [0, 0.05) is 10.9 Å². The summed E-state index contributed by atoms with van der Waals surface area (Å²) in [7, 11) is -9.67. The molecule has 0 aliphatic rings. The maximum Gasteiger partial charge on any atom is 1.00 e. The molecule has 0 saturated heterocycles. The number of carbonyl (C=O) groups is 1. The predicted molar refractivity (Wildman–Crippen MR) is 84.3 cm³/mol. The number of rotatable bonds is 7. The van der Waals surface area contributed by atoms with Crippen LogP contribution in [0.2, 0.25) is 0 Å². The van der Waals surface area contributed by atoms with E-state index in [2.05, 4.69) is 0 Å². The molecule has 0 unspecified atom stereocenters. The fraction of sp³-hybridized carbons (Fsp3) is 0.267. The van der Waals surface area contributed by atoms with Gasteiger partial charge < -0.3 is 14.5 Å². The van der Waals surface area contributed by atoms with Gasteiger partial charge in [0.15, 0.2) is 0 Å². The number of aromatic carboxylic acids is 1. The van der Waals surface area contributed by atoms with E-state index in [1.807, 2.05) is 6.92 Å². The molecule has 2 aromatic rings. The number of benzene rings is 2. The molecule has 0 N–H and O–H groups in total. The molecular weight excluding hydrogens is 418 g/mol. The first-order chi connectivity index (χ1) is 11.6. The number of fused-ring (bicyclic) bond motifs is 1. The zero-order chi connectivity index (χ0) is 18.8. The average molecular weight is 432 g/mol. The van der Waals surface area contributed by atoms with Gasteiger partial charge in [-0.25, -0.2) is 8.42 Å². The van der Waals surface area contributed by atoms with Crippen LogP contribution in [-0.4, -0.2) is 34.0 Å². The monoisotopic (exact) mass is 432 g/mol. The van der Waals surface area contributed by atoms with E-state index in [1.54, 1.807) is 0 Å².